The molecular weight excluding hydrogens is 1230 g/mol. The SMILES string of the molecule is CCCCCCCCCCCCCCOC(=O)CCN(CCCCCCOP(=O)(OCC)OCC)CCCN(C)CCCN(CCC(=O)OCCCCCCSSCCCCCCCCCC)CCC(=O)OCCCCCCSSCCCCCCCCCC. The summed E-state index contributed by atoms with van der Waals surface area (Å²) in [6.07, 6.45) is 52.6. The van der Waals surface area contributed by atoms with Crippen molar-refractivity contribution in [1.82, 2.24) is 14.7 Å². The average Bonchev–Trinajstić information content (AvgIpc) is 3.74. The van der Waals surface area contributed by atoms with Crippen molar-refractivity contribution < 1.29 is 46.7 Å². The van der Waals surface area contributed by atoms with Gasteiger partial charge in [-0.25, -0.2) is 4.57 Å². The van der Waals surface area contributed by atoms with Crippen LogP contribution in [0.4, 0.5) is 0 Å². The second-order valence-electron chi connectivity index (χ2n) is 25.1. The number of hydrogen-bond acceptors (Lipinski definition) is 17. The monoisotopic (exact) mass is 1370 g/mol. The normalized spacial score (nSPS) is 11.9. The van der Waals surface area contributed by atoms with Gasteiger partial charge in [-0.3, -0.25) is 28.0 Å². The first-order chi connectivity index (χ1) is 44.1. The maximum atomic E-state index is 13.0. The minimum Gasteiger partial charge on any atom is -0.466 e. The predicted molar refractivity (Wildman–Crippen MR) is 395 cm³/mol. The first-order valence-corrected chi connectivity index (χ1v) is 44.2. The van der Waals surface area contributed by atoms with Crippen LogP contribution in [0, 0.1) is 0 Å². The number of carbonyl (C=O) groups excluding carboxylic acids is 3. The highest BCUT2D eigenvalue weighted by Crippen LogP contribution is 2.49. The van der Waals surface area contributed by atoms with Gasteiger partial charge in [0, 0.05) is 42.6 Å². The van der Waals surface area contributed by atoms with Crippen LogP contribution in [0.15, 0.2) is 0 Å². The lowest BCUT2D eigenvalue weighted by molar-refractivity contribution is -0.145. The summed E-state index contributed by atoms with van der Waals surface area (Å²) in [6.45, 7) is 18.9. The zero-order valence-corrected chi connectivity index (χ0v) is 63.7. The van der Waals surface area contributed by atoms with E-state index in [1.54, 1.807) is 13.8 Å². The topological polar surface area (TPSA) is 133 Å². The molecule has 0 aliphatic carbocycles. The Morgan fingerprint density at radius 1 is 0.289 bits per heavy atom. The van der Waals surface area contributed by atoms with Gasteiger partial charge in [0.05, 0.1) is 58.9 Å². The van der Waals surface area contributed by atoms with Crippen LogP contribution in [0.25, 0.3) is 0 Å². The highest BCUT2D eigenvalue weighted by atomic mass is 33.1. The molecule has 0 bridgehead atoms. The molecule has 0 aromatic carbocycles. The van der Waals surface area contributed by atoms with Crippen molar-refractivity contribution >= 4 is 68.9 Å². The fourth-order valence-electron chi connectivity index (χ4n) is 10.8. The number of phosphoric ester groups is 1. The van der Waals surface area contributed by atoms with Gasteiger partial charge in [-0.15, -0.1) is 0 Å². The van der Waals surface area contributed by atoms with Crippen LogP contribution in [0.3, 0.4) is 0 Å². The van der Waals surface area contributed by atoms with Crippen LogP contribution in [0.1, 0.15) is 324 Å². The van der Waals surface area contributed by atoms with Crippen molar-refractivity contribution in [2.45, 2.75) is 324 Å². The molecule has 0 N–H and O–H groups in total. The summed E-state index contributed by atoms with van der Waals surface area (Å²) in [7, 11) is 6.76. The summed E-state index contributed by atoms with van der Waals surface area (Å²) in [5.74, 6) is 4.46. The van der Waals surface area contributed by atoms with Crippen molar-refractivity contribution in [1.29, 1.82) is 0 Å². The summed E-state index contributed by atoms with van der Waals surface area (Å²) in [5, 5.41) is 0. The molecule has 0 amide bonds. The molecule has 0 atom stereocenters. The van der Waals surface area contributed by atoms with Gasteiger partial charge in [-0.2, -0.15) is 0 Å². The third-order valence-corrected chi connectivity index (χ3v) is 23.3. The van der Waals surface area contributed by atoms with Gasteiger partial charge < -0.3 is 28.9 Å². The molecule has 0 spiro atoms. The number of unbranched alkanes of at least 4 members (excludes halogenated alkanes) is 34. The Morgan fingerprint density at radius 3 is 0.856 bits per heavy atom. The van der Waals surface area contributed by atoms with Crippen LogP contribution in [-0.2, 0) is 46.7 Å². The molecule has 0 radical (unpaired) electrons. The van der Waals surface area contributed by atoms with Crippen LogP contribution >= 0.6 is 51.0 Å². The van der Waals surface area contributed by atoms with Crippen LogP contribution in [0.5, 0.6) is 0 Å². The summed E-state index contributed by atoms with van der Waals surface area (Å²) < 4.78 is 45.9. The second kappa shape index (κ2) is 73.1. The van der Waals surface area contributed by atoms with Gasteiger partial charge in [0.1, 0.15) is 0 Å². The molecule has 18 heteroatoms. The van der Waals surface area contributed by atoms with E-state index in [0.717, 1.165) is 110 Å². The van der Waals surface area contributed by atoms with Gasteiger partial charge in [-0.1, -0.05) is 263 Å². The Bertz CT molecular complexity index is 1500. The molecule has 13 nitrogen and oxygen atoms in total. The van der Waals surface area contributed by atoms with Gasteiger partial charge in [0.15, 0.2) is 0 Å². The minimum atomic E-state index is -3.50. The zero-order chi connectivity index (χ0) is 65.6. The Morgan fingerprint density at radius 2 is 0.544 bits per heavy atom. The molecular formula is C72H144N3O10PS4. The lowest BCUT2D eigenvalue weighted by Gasteiger charge is -2.25. The number of ether oxygens (including phenoxy) is 3. The Hall–Kier alpha value is -0.200. The standard InChI is InChI=1S/C72H144N3O10PS4/c1-7-12-15-18-21-24-25-26-27-28-32-41-62-80-70(76)51-59-74(56-40-31-33-44-65-85-86(79,83-10-4)84-11-5)57-49-54-73(6)55-50-58-75(60-52-71(77)81-63-42-34-38-47-68-89-87-66-45-36-29-22-19-16-13-8-2)61-53-72(78)82-64-43-35-39-48-69-90-88-67-46-37-30-23-20-17-14-9-3/h7-69H2,1-6H3. The smallest absolute Gasteiger partial charge is 0.466 e. The maximum Gasteiger partial charge on any atom is 0.474 e. The van der Waals surface area contributed by atoms with Gasteiger partial charge in [0.2, 0.25) is 0 Å². The van der Waals surface area contributed by atoms with Gasteiger partial charge in [0.25, 0.3) is 0 Å². The predicted octanol–water partition coefficient (Wildman–Crippen LogP) is 21.7. The molecule has 90 heavy (non-hydrogen) atoms. The molecule has 0 heterocycles. The van der Waals surface area contributed by atoms with Crippen LogP contribution in [-0.4, -0.2) is 155 Å². The molecule has 0 unspecified atom stereocenters. The molecule has 0 fully saturated rings. The number of nitrogens with zero attached hydrogens (tertiary/aromatic N) is 3. The van der Waals surface area contributed by atoms with Crippen molar-refractivity contribution in [2.75, 3.05) is 122 Å². The van der Waals surface area contributed by atoms with E-state index in [4.69, 9.17) is 27.8 Å². The molecule has 536 valence electrons. The lowest BCUT2D eigenvalue weighted by atomic mass is 10.1. The third-order valence-electron chi connectivity index (χ3n) is 16.5. The van der Waals surface area contributed by atoms with E-state index in [1.807, 2.05) is 43.2 Å². The zero-order valence-electron chi connectivity index (χ0n) is 59.6. The average molecular weight is 1370 g/mol. The molecule has 0 aliphatic heterocycles. The van der Waals surface area contributed by atoms with Crippen molar-refractivity contribution in [3.63, 3.8) is 0 Å². The fraction of sp³-hybridized carbons (Fsp3) is 0.958. The number of hydrogen-bond donors (Lipinski definition) is 0. The minimum absolute atomic E-state index is 0.111. The highest BCUT2D eigenvalue weighted by Gasteiger charge is 2.25. The largest absolute Gasteiger partial charge is 0.474 e. The molecule has 0 rings (SSSR count). The van der Waals surface area contributed by atoms with Crippen LogP contribution in [0.2, 0.25) is 0 Å². The van der Waals surface area contributed by atoms with E-state index in [2.05, 4.69) is 42.5 Å². The number of esters is 3. The number of rotatable bonds is 76. The van der Waals surface area contributed by atoms with E-state index < -0.39 is 7.82 Å². The van der Waals surface area contributed by atoms with E-state index in [1.165, 1.54) is 216 Å². The summed E-state index contributed by atoms with van der Waals surface area (Å²) >= 11 is 0. The van der Waals surface area contributed by atoms with Crippen molar-refractivity contribution in [3.8, 4) is 0 Å². The Labute approximate surface area is 572 Å². The summed E-state index contributed by atoms with van der Waals surface area (Å²) in [4.78, 5) is 46.0. The number of phosphoric acid groups is 1. The van der Waals surface area contributed by atoms with Gasteiger partial charge in [-0.05, 0) is 124 Å². The molecule has 0 aliphatic rings. The quantitative estimate of drug-likeness (QED) is 0.0188. The molecule has 0 saturated heterocycles. The summed E-state index contributed by atoms with van der Waals surface area (Å²) in [6, 6.07) is 0. The third kappa shape index (κ3) is 67.8. The molecule has 0 saturated carbocycles. The van der Waals surface area contributed by atoms with Gasteiger partial charge >= 0.3 is 25.7 Å². The maximum absolute atomic E-state index is 13.0. The lowest BCUT2D eigenvalue weighted by Crippen LogP contribution is -2.34. The van der Waals surface area contributed by atoms with E-state index in [9.17, 15) is 18.9 Å². The van der Waals surface area contributed by atoms with Crippen molar-refractivity contribution in [2.24, 2.45) is 0 Å². The first-order valence-electron chi connectivity index (χ1n) is 37.7. The number of carbonyl (C=O) groups is 3. The molecule has 0 aromatic rings. The highest BCUT2D eigenvalue weighted by molar-refractivity contribution is 8.77. The second-order valence-corrected chi connectivity index (χ2v) is 32.2. The van der Waals surface area contributed by atoms with E-state index in [0.29, 0.717) is 65.3 Å². The fourth-order valence-corrected chi connectivity index (χ4v) is 16.6. The summed E-state index contributed by atoms with van der Waals surface area (Å²) in [5.41, 5.74) is 0. The van der Waals surface area contributed by atoms with Crippen molar-refractivity contribution in [3.05, 3.63) is 0 Å². The first kappa shape index (κ1) is 89.8. The van der Waals surface area contributed by atoms with Crippen LogP contribution < -0.4 is 0 Å². The Kier molecular flexibility index (Phi) is 72.9. The van der Waals surface area contributed by atoms with E-state index >= 15 is 0 Å². The van der Waals surface area contributed by atoms with E-state index in [-0.39, 0.29) is 31.1 Å². The Balaban J connectivity index is 5.05. The molecule has 0 aromatic heterocycles.